The molecule has 0 spiro atoms. The van der Waals surface area contributed by atoms with Gasteiger partial charge < -0.3 is 29.4 Å². The van der Waals surface area contributed by atoms with Crippen molar-refractivity contribution in [3.63, 3.8) is 0 Å². The van der Waals surface area contributed by atoms with Crippen LogP contribution < -0.4 is 0 Å². The minimum absolute atomic E-state index is 1.75. The topological polar surface area (TPSA) is 134 Å². The van der Waals surface area contributed by atoms with Crippen LogP contribution in [-0.4, -0.2) is 46.7 Å². The molecule has 0 aromatic carbocycles. The van der Waals surface area contributed by atoms with Gasteiger partial charge in [0.2, 0.25) is 0 Å². The summed E-state index contributed by atoms with van der Waals surface area (Å²) in [7, 11) is -4.92. The summed E-state index contributed by atoms with van der Waals surface area (Å²) in [5.41, 5.74) is 0. The number of hydrogen-bond donors (Lipinski definition) is 4. The van der Waals surface area contributed by atoms with Gasteiger partial charge in [0.15, 0.2) is 0 Å². The fourth-order valence-electron chi connectivity index (χ4n) is 0.288. The second-order valence-corrected chi connectivity index (χ2v) is 1.46. The zero-order valence-electron chi connectivity index (χ0n) is 5.58. The second kappa shape index (κ2) is 4.72. The Morgan fingerprint density at radius 2 is 1.08 bits per heavy atom. The average Bonchev–Trinajstić information content (AvgIpc) is 1.84. The maximum absolute atomic E-state index is 10.2. The Balaban J connectivity index is 3.86. The lowest BCUT2D eigenvalue weighted by atomic mass is 10.2. The fourth-order valence-corrected chi connectivity index (χ4v) is 0.288. The number of carbonyl (C=O) groups excluding carboxylic acids is 2. The van der Waals surface area contributed by atoms with Gasteiger partial charge in [-0.1, -0.05) is 0 Å². The normalized spacial score (nSPS) is 8.67. The first kappa shape index (κ1) is 10.9. The quantitative estimate of drug-likeness (QED) is 0.248. The molecule has 10 heteroatoms. The van der Waals surface area contributed by atoms with E-state index in [0.717, 1.165) is 0 Å². The third kappa shape index (κ3) is 4.68. The van der Waals surface area contributed by atoms with E-state index in [2.05, 4.69) is 9.31 Å². The van der Waals surface area contributed by atoms with Gasteiger partial charge in [-0.2, -0.15) is 0 Å². The molecule has 0 aliphatic rings. The summed E-state index contributed by atoms with van der Waals surface area (Å²) in [5.74, 6) is -3.50. The summed E-state index contributed by atoms with van der Waals surface area (Å²) in [5, 5.41) is 31.9. The third-order valence-corrected chi connectivity index (χ3v) is 0.592. The number of rotatable bonds is 2. The van der Waals surface area contributed by atoms with Crippen molar-refractivity contribution in [1.82, 2.24) is 0 Å². The van der Waals surface area contributed by atoms with E-state index in [1.54, 1.807) is 0 Å². The standard InChI is InChI=1S/C2H4B2O8/c5-1(11-3(7)8)2(6)12-4(9)10/h7-10H. The molecule has 4 N–H and O–H groups in total. The van der Waals surface area contributed by atoms with Crippen LogP contribution in [0.1, 0.15) is 0 Å². The summed E-state index contributed by atoms with van der Waals surface area (Å²) in [6, 6.07) is 0. The molecular weight excluding hydrogens is 174 g/mol. The molecule has 0 heterocycles. The molecule has 0 atom stereocenters. The molecule has 66 valence electrons. The molecule has 12 heavy (non-hydrogen) atoms. The van der Waals surface area contributed by atoms with Crippen molar-refractivity contribution >= 4 is 26.6 Å². The molecule has 0 fully saturated rings. The van der Waals surface area contributed by atoms with Crippen LogP contribution in [-0.2, 0) is 18.9 Å². The van der Waals surface area contributed by atoms with E-state index < -0.39 is 26.6 Å². The Bertz CT molecular complexity index is 156. The van der Waals surface area contributed by atoms with Crippen molar-refractivity contribution in [2.75, 3.05) is 0 Å². The molecular formula is C2H4B2O8. The van der Waals surface area contributed by atoms with Gasteiger partial charge in [-0.05, 0) is 0 Å². The van der Waals surface area contributed by atoms with Gasteiger partial charge in [-0.3, -0.25) is 0 Å². The zero-order chi connectivity index (χ0) is 9.72. The molecule has 0 amide bonds. The number of carbonyl (C=O) groups is 2. The molecule has 0 aromatic heterocycles. The average molecular weight is 178 g/mol. The first-order valence-corrected chi connectivity index (χ1v) is 2.57. The van der Waals surface area contributed by atoms with Crippen LogP contribution in [0.4, 0.5) is 0 Å². The molecule has 0 rings (SSSR count). The lowest BCUT2D eigenvalue weighted by molar-refractivity contribution is -0.159. The monoisotopic (exact) mass is 178 g/mol. The highest BCUT2D eigenvalue weighted by Crippen LogP contribution is 1.85. The molecule has 0 radical (unpaired) electrons. The van der Waals surface area contributed by atoms with Crippen molar-refractivity contribution in [3.8, 4) is 0 Å². The van der Waals surface area contributed by atoms with Crippen LogP contribution >= 0.6 is 0 Å². The molecule has 0 aliphatic carbocycles. The predicted molar refractivity (Wildman–Crippen MR) is 32.6 cm³/mol. The molecule has 0 bridgehead atoms. The largest absolute Gasteiger partial charge is 0.709 e. The summed E-state index contributed by atoms with van der Waals surface area (Å²) < 4.78 is 6.98. The molecule has 0 unspecified atom stereocenters. The van der Waals surface area contributed by atoms with E-state index in [1.165, 1.54) is 0 Å². The molecule has 0 aromatic rings. The van der Waals surface area contributed by atoms with E-state index in [4.69, 9.17) is 20.1 Å². The van der Waals surface area contributed by atoms with E-state index in [-0.39, 0.29) is 0 Å². The summed E-state index contributed by atoms with van der Waals surface area (Å²) in [6.45, 7) is 0. The van der Waals surface area contributed by atoms with E-state index in [1.807, 2.05) is 0 Å². The van der Waals surface area contributed by atoms with Crippen LogP contribution in [0.15, 0.2) is 0 Å². The summed E-state index contributed by atoms with van der Waals surface area (Å²) in [6.07, 6.45) is 0. The Morgan fingerprint density at radius 1 is 0.833 bits per heavy atom. The van der Waals surface area contributed by atoms with Gasteiger partial charge in [0, 0.05) is 0 Å². The first-order chi connectivity index (χ1) is 5.43. The van der Waals surface area contributed by atoms with Crippen molar-refractivity contribution < 1.29 is 39.0 Å². The maximum atomic E-state index is 10.2. The highest BCUT2D eigenvalue weighted by Gasteiger charge is 2.27. The van der Waals surface area contributed by atoms with Gasteiger partial charge >= 0.3 is 26.6 Å². The van der Waals surface area contributed by atoms with Crippen molar-refractivity contribution in [2.24, 2.45) is 0 Å². The maximum Gasteiger partial charge on any atom is 0.709 e. The molecule has 0 saturated heterocycles. The lowest BCUT2D eigenvalue weighted by Crippen LogP contribution is -2.33. The second-order valence-electron chi connectivity index (χ2n) is 1.46. The minimum atomic E-state index is -2.46. The highest BCUT2D eigenvalue weighted by molar-refractivity contribution is 6.47. The highest BCUT2D eigenvalue weighted by atomic mass is 16.7. The van der Waals surface area contributed by atoms with Gasteiger partial charge in [-0.15, -0.1) is 0 Å². The third-order valence-electron chi connectivity index (χ3n) is 0.592. The lowest BCUT2D eigenvalue weighted by Gasteiger charge is -2.02. The van der Waals surface area contributed by atoms with Crippen LogP contribution in [0, 0.1) is 0 Å². The number of hydrogen-bond acceptors (Lipinski definition) is 8. The van der Waals surface area contributed by atoms with Crippen molar-refractivity contribution in [1.29, 1.82) is 0 Å². The van der Waals surface area contributed by atoms with Gasteiger partial charge in [0.1, 0.15) is 0 Å². The van der Waals surface area contributed by atoms with E-state index in [9.17, 15) is 9.59 Å². The minimum Gasteiger partial charge on any atom is -0.477 e. The van der Waals surface area contributed by atoms with Crippen molar-refractivity contribution in [3.05, 3.63) is 0 Å². The Hall–Kier alpha value is -1.09. The van der Waals surface area contributed by atoms with Gasteiger partial charge in [0.25, 0.3) is 0 Å². The molecule has 8 nitrogen and oxygen atoms in total. The van der Waals surface area contributed by atoms with E-state index in [0.29, 0.717) is 0 Å². The van der Waals surface area contributed by atoms with Gasteiger partial charge in [-0.25, -0.2) is 9.59 Å². The smallest absolute Gasteiger partial charge is 0.477 e. The Morgan fingerprint density at radius 3 is 1.25 bits per heavy atom. The first-order valence-electron chi connectivity index (χ1n) is 2.57. The predicted octanol–water partition coefficient (Wildman–Crippen LogP) is -3.99. The van der Waals surface area contributed by atoms with Crippen LogP contribution in [0.25, 0.3) is 0 Å². The van der Waals surface area contributed by atoms with Gasteiger partial charge in [0.05, 0.1) is 0 Å². The Labute approximate surface area is 66.7 Å². The van der Waals surface area contributed by atoms with Crippen LogP contribution in [0.3, 0.4) is 0 Å². The Kier molecular flexibility index (Phi) is 4.29. The zero-order valence-corrected chi connectivity index (χ0v) is 5.58. The molecule has 0 aliphatic heterocycles. The van der Waals surface area contributed by atoms with E-state index >= 15 is 0 Å². The summed E-state index contributed by atoms with van der Waals surface area (Å²) >= 11 is 0. The molecule has 0 saturated carbocycles. The SMILES string of the molecule is O=C(OB(O)O)C(=O)OB(O)O. The summed E-state index contributed by atoms with van der Waals surface area (Å²) in [4.78, 5) is 20.5. The fraction of sp³-hybridized carbons (Fsp3) is 0. The van der Waals surface area contributed by atoms with Crippen LogP contribution in [0.2, 0.25) is 0 Å². The van der Waals surface area contributed by atoms with Crippen molar-refractivity contribution in [2.45, 2.75) is 0 Å². The van der Waals surface area contributed by atoms with Crippen LogP contribution in [0.5, 0.6) is 0 Å².